The minimum atomic E-state index is -0.361. The van der Waals surface area contributed by atoms with E-state index in [1.165, 1.54) is 7.11 Å². The normalized spacial score (nSPS) is 10.3. The van der Waals surface area contributed by atoms with Gasteiger partial charge in [0.1, 0.15) is 4.88 Å². The van der Waals surface area contributed by atoms with Gasteiger partial charge >= 0.3 is 5.97 Å². The highest BCUT2D eigenvalue weighted by atomic mass is 127. The van der Waals surface area contributed by atoms with Crippen LogP contribution in [-0.4, -0.2) is 17.5 Å². The van der Waals surface area contributed by atoms with E-state index in [0.717, 1.165) is 26.4 Å². The Labute approximate surface area is 121 Å². The average molecular weight is 380 g/mol. The van der Waals surface area contributed by atoms with Gasteiger partial charge in [0.15, 0.2) is 0 Å². The van der Waals surface area contributed by atoms with Gasteiger partial charge in [-0.05, 0) is 46.3 Å². The van der Waals surface area contributed by atoms with Crippen molar-refractivity contribution in [1.82, 2.24) is 4.37 Å². The minimum absolute atomic E-state index is 0.361. The van der Waals surface area contributed by atoms with Gasteiger partial charge in [0.25, 0.3) is 0 Å². The Morgan fingerprint density at radius 1 is 1.53 bits per heavy atom. The topological polar surface area (TPSA) is 39.2 Å². The summed E-state index contributed by atoms with van der Waals surface area (Å²) in [7, 11) is 1.36. The van der Waals surface area contributed by atoms with E-state index >= 15 is 0 Å². The molecular formula is C11H7ClINO2S. The van der Waals surface area contributed by atoms with Crippen molar-refractivity contribution in [3.63, 3.8) is 0 Å². The Morgan fingerprint density at radius 3 is 2.94 bits per heavy atom. The van der Waals surface area contributed by atoms with Gasteiger partial charge in [0.05, 0.1) is 16.4 Å². The van der Waals surface area contributed by atoms with Crippen molar-refractivity contribution in [2.75, 3.05) is 7.11 Å². The lowest BCUT2D eigenvalue weighted by molar-refractivity contribution is 0.0605. The van der Waals surface area contributed by atoms with Crippen LogP contribution in [0.15, 0.2) is 24.3 Å². The summed E-state index contributed by atoms with van der Waals surface area (Å²) >= 11 is 9.15. The van der Waals surface area contributed by atoms with E-state index in [4.69, 9.17) is 16.3 Å². The SMILES string of the molecule is COC(=O)c1snc(-c2cccc(Cl)c2)c1I. The van der Waals surface area contributed by atoms with Crippen LogP contribution >= 0.6 is 45.7 Å². The molecule has 0 aliphatic rings. The first-order valence-corrected chi connectivity index (χ1v) is 6.86. The average Bonchev–Trinajstić information content (AvgIpc) is 2.70. The monoisotopic (exact) mass is 379 g/mol. The van der Waals surface area contributed by atoms with Gasteiger partial charge in [0.2, 0.25) is 0 Å². The molecule has 2 rings (SSSR count). The third kappa shape index (κ3) is 2.61. The number of esters is 1. The van der Waals surface area contributed by atoms with Gasteiger partial charge < -0.3 is 4.74 Å². The van der Waals surface area contributed by atoms with Gasteiger partial charge in [-0.15, -0.1) is 0 Å². The number of hydrogen-bond acceptors (Lipinski definition) is 4. The zero-order valence-electron chi connectivity index (χ0n) is 8.74. The van der Waals surface area contributed by atoms with E-state index in [0.29, 0.717) is 9.90 Å². The summed E-state index contributed by atoms with van der Waals surface area (Å²) in [6, 6.07) is 7.38. The Hall–Kier alpha value is -0.660. The molecule has 0 aliphatic heterocycles. The van der Waals surface area contributed by atoms with Crippen LogP contribution in [0.5, 0.6) is 0 Å². The molecule has 2 aromatic rings. The molecule has 0 fully saturated rings. The molecule has 3 nitrogen and oxygen atoms in total. The Morgan fingerprint density at radius 2 is 2.29 bits per heavy atom. The molecule has 0 radical (unpaired) electrons. The first-order valence-electron chi connectivity index (χ1n) is 4.63. The summed E-state index contributed by atoms with van der Waals surface area (Å²) < 4.78 is 9.75. The van der Waals surface area contributed by atoms with Crippen LogP contribution in [0.25, 0.3) is 11.3 Å². The summed E-state index contributed by atoms with van der Waals surface area (Å²) in [6.07, 6.45) is 0. The van der Waals surface area contributed by atoms with Crippen LogP contribution in [0.1, 0.15) is 9.67 Å². The minimum Gasteiger partial charge on any atom is -0.465 e. The van der Waals surface area contributed by atoms with Crippen LogP contribution in [0.4, 0.5) is 0 Å². The number of methoxy groups -OCH3 is 1. The fraction of sp³-hybridized carbons (Fsp3) is 0.0909. The molecular weight excluding hydrogens is 373 g/mol. The van der Waals surface area contributed by atoms with Crippen LogP contribution < -0.4 is 0 Å². The second-order valence-corrected chi connectivity index (χ2v) is 5.46. The lowest BCUT2D eigenvalue weighted by atomic mass is 10.1. The number of hydrogen-bond donors (Lipinski definition) is 0. The van der Waals surface area contributed by atoms with E-state index in [2.05, 4.69) is 27.0 Å². The van der Waals surface area contributed by atoms with E-state index < -0.39 is 0 Å². The van der Waals surface area contributed by atoms with Crippen molar-refractivity contribution >= 4 is 51.7 Å². The van der Waals surface area contributed by atoms with E-state index in [9.17, 15) is 4.79 Å². The smallest absolute Gasteiger partial charge is 0.350 e. The molecule has 1 aromatic heterocycles. The van der Waals surface area contributed by atoms with Crippen molar-refractivity contribution in [2.24, 2.45) is 0 Å². The zero-order chi connectivity index (χ0) is 12.4. The van der Waals surface area contributed by atoms with Gasteiger partial charge in [-0.3, -0.25) is 0 Å². The molecule has 1 heterocycles. The first kappa shape index (κ1) is 12.8. The molecule has 0 spiro atoms. The summed E-state index contributed by atoms with van der Waals surface area (Å²) in [5.74, 6) is -0.361. The molecule has 0 saturated heterocycles. The molecule has 0 unspecified atom stereocenters. The summed E-state index contributed by atoms with van der Waals surface area (Å²) in [5.41, 5.74) is 1.66. The Balaban J connectivity index is 2.48. The highest BCUT2D eigenvalue weighted by Crippen LogP contribution is 2.31. The van der Waals surface area contributed by atoms with Crippen molar-refractivity contribution in [1.29, 1.82) is 0 Å². The lowest BCUT2D eigenvalue weighted by Crippen LogP contribution is -1.99. The van der Waals surface area contributed by atoms with E-state index in [-0.39, 0.29) is 5.97 Å². The molecule has 6 heteroatoms. The summed E-state index contributed by atoms with van der Waals surface area (Å²) in [4.78, 5) is 12.0. The number of ether oxygens (including phenoxy) is 1. The number of rotatable bonds is 2. The number of carbonyl (C=O) groups excluding carboxylic acids is 1. The molecule has 0 N–H and O–H groups in total. The molecule has 88 valence electrons. The fourth-order valence-electron chi connectivity index (χ4n) is 1.31. The quantitative estimate of drug-likeness (QED) is 0.588. The van der Waals surface area contributed by atoms with Crippen LogP contribution in [0, 0.1) is 3.57 Å². The summed E-state index contributed by atoms with van der Waals surface area (Å²) in [5, 5.41) is 0.644. The number of nitrogens with zero attached hydrogens (tertiary/aromatic N) is 1. The van der Waals surface area contributed by atoms with Gasteiger partial charge in [-0.25, -0.2) is 4.79 Å². The maximum absolute atomic E-state index is 11.5. The first-order chi connectivity index (χ1) is 8.13. The molecule has 0 aliphatic carbocycles. The molecule has 0 saturated carbocycles. The van der Waals surface area contributed by atoms with E-state index in [1.54, 1.807) is 6.07 Å². The van der Waals surface area contributed by atoms with Gasteiger partial charge in [-0.1, -0.05) is 23.7 Å². The number of carbonyl (C=O) groups is 1. The van der Waals surface area contributed by atoms with Crippen molar-refractivity contribution in [2.45, 2.75) is 0 Å². The Bertz CT molecular complexity index is 570. The number of halogens is 2. The summed E-state index contributed by atoms with van der Waals surface area (Å²) in [6.45, 7) is 0. The predicted octanol–water partition coefficient (Wildman–Crippen LogP) is 3.85. The highest BCUT2D eigenvalue weighted by molar-refractivity contribution is 14.1. The maximum Gasteiger partial charge on any atom is 0.350 e. The second-order valence-electron chi connectivity index (χ2n) is 3.18. The molecule has 0 bridgehead atoms. The van der Waals surface area contributed by atoms with Crippen molar-refractivity contribution < 1.29 is 9.53 Å². The van der Waals surface area contributed by atoms with Crippen LogP contribution in [0.3, 0.4) is 0 Å². The maximum atomic E-state index is 11.5. The van der Waals surface area contributed by atoms with Crippen LogP contribution in [0.2, 0.25) is 5.02 Å². The highest BCUT2D eigenvalue weighted by Gasteiger charge is 2.19. The van der Waals surface area contributed by atoms with Crippen LogP contribution in [-0.2, 0) is 4.74 Å². The van der Waals surface area contributed by atoms with Crippen molar-refractivity contribution in [3.05, 3.63) is 37.7 Å². The lowest BCUT2D eigenvalue weighted by Gasteiger charge is -1.99. The van der Waals surface area contributed by atoms with Gasteiger partial charge in [0, 0.05) is 10.6 Å². The van der Waals surface area contributed by atoms with Gasteiger partial charge in [-0.2, -0.15) is 4.37 Å². The van der Waals surface area contributed by atoms with Crippen molar-refractivity contribution in [3.8, 4) is 11.3 Å². The molecule has 1 aromatic carbocycles. The molecule has 17 heavy (non-hydrogen) atoms. The molecule has 0 atom stereocenters. The Kier molecular flexibility index (Phi) is 4.01. The second kappa shape index (κ2) is 5.32. The largest absolute Gasteiger partial charge is 0.465 e. The number of benzene rings is 1. The fourth-order valence-corrected chi connectivity index (χ4v) is 3.33. The number of aromatic nitrogens is 1. The third-order valence-corrected chi connectivity index (χ3v) is 4.58. The predicted molar refractivity (Wildman–Crippen MR) is 76.6 cm³/mol. The molecule has 0 amide bonds. The third-order valence-electron chi connectivity index (χ3n) is 2.10. The van der Waals surface area contributed by atoms with E-state index in [1.807, 2.05) is 18.2 Å². The zero-order valence-corrected chi connectivity index (χ0v) is 12.5. The standard InChI is InChI=1S/C11H7ClINO2S/c1-16-11(15)10-8(13)9(14-17-10)6-3-2-4-7(12)5-6/h2-5H,1H3.